The fraction of sp³-hybridized carbons (Fsp3) is 0.240. The van der Waals surface area contributed by atoms with Gasteiger partial charge in [0.25, 0.3) is 0 Å². The van der Waals surface area contributed by atoms with Crippen molar-refractivity contribution in [2.45, 2.75) is 0 Å². The Balaban J connectivity index is 1.31. The van der Waals surface area contributed by atoms with Gasteiger partial charge in [-0.1, -0.05) is 0 Å². The van der Waals surface area contributed by atoms with Crippen LogP contribution in [0.5, 0.6) is 11.6 Å². The van der Waals surface area contributed by atoms with Gasteiger partial charge in [-0.3, -0.25) is 4.79 Å². The number of nitrogens with zero attached hydrogens (tertiary/aromatic N) is 4. The average Bonchev–Trinajstić information content (AvgIpc) is 3.35. The number of benzene rings is 2. The minimum atomic E-state index is -0.167. The highest BCUT2D eigenvalue weighted by Crippen LogP contribution is 2.30. The Morgan fingerprint density at radius 3 is 2.43 bits per heavy atom. The molecule has 1 aliphatic rings. The lowest BCUT2D eigenvalue weighted by molar-refractivity contribution is -0.113. The number of H-pyrrole nitrogens is 1. The van der Waals surface area contributed by atoms with E-state index in [1.165, 1.54) is 5.69 Å². The molecule has 180 valence electrons. The number of nitrogens with one attached hydrogen (secondary N) is 3. The van der Waals surface area contributed by atoms with Crippen molar-refractivity contribution in [3.8, 4) is 11.6 Å². The van der Waals surface area contributed by atoms with Crippen LogP contribution in [0.15, 0.2) is 60.8 Å². The lowest BCUT2D eigenvalue weighted by atomic mass is 10.2. The van der Waals surface area contributed by atoms with E-state index in [0.717, 1.165) is 37.3 Å². The van der Waals surface area contributed by atoms with Gasteiger partial charge in [-0.15, -0.1) is 0 Å². The highest BCUT2D eigenvalue weighted by atomic mass is 32.1. The summed E-state index contributed by atoms with van der Waals surface area (Å²) in [5.41, 5.74) is 3.45. The first-order valence-electron chi connectivity index (χ1n) is 11.4. The number of anilines is 4. The molecule has 3 heterocycles. The number of ether oxygens (including phenoxy) is 1. The van der Waals surface area contributed by atoms with E-state index in [2.05, 4.69) is 67.2 Å². The third kappa shape index (κ3) is 5.50. The first kappa shape index (κ1) is 23.0. The molecule has 0 spiro atoms. The number of piperazine rings is 1. The Labute approximate surface area is 208 Å². The number of carbonyl (C=O) groups excluding carboxylic acids is 1. The summed E-state index contributed by atoms with van der Waals surface area (Å²) in [4.78, 5) is 28.6. The summed E-state index contributed by atoms with van der Waals surface area (Å²) in [5.74, 6) is 1.41. The van der Waals surface area contributed by atoms with Crippen LogP contribution in [0.4, 0.5) is 23.0 Å². The number of amides is 1. The van der Waals surface area contributed by atoms with E-state index in [1.807, 2.05) is 18.2 Å². The second kappa shape index (κ2) is 10.2. The van der Waals surface area contributed by atoms with Crippen LogP contribution in [0.1, 0.15) is 0 Å². The Morgan fingerprint density at radius 2 is 1.71 bits per heavy atom. The van der Waals surface area contributed by atoms with Crippen molar-refractivity contribution in [3.63, 3.8) is 0 Å². The molecule has 10 heteroatoms. The van der Waals surface area contributed by atoms with E-state index in [0.29, 0.717) is 28.9 Å². The number of rotatable bonds is 7. The van der Waals surface area contributed by atoms with Crippen molar-refractivity contribution < 1.29 is 9.53 Å². The van der Waals surface area contributed by atoms with Crippen molar-refractivity contribution >= 4 is 52.6 Å². The number of hydrogen-bond donors (Lipinski definition) is 4. The quantitative estimate of drug-likeness (QED) is 0.290. The summed E-state index contributed by atoms with van der Waals surface area (Å²) in [6, 6.07) is 17.3. The topological polar surface area (TPSA) is 98.4 Å². The summed E-state index contributed by atoms with van der Waals surface area (Å²) in [6.07, 6.45) is 1.80. The minimum absolute atomic E-state index is 0.124. The number of hydrogen-bond acceptors (Lipinski definition) is 8. The molecule has 3 N–H and O–H groups in total. The fourth-order valence-corrected chi connectivity index (χ4v) is 3.99. The van der Waals surface area contributed by atoms with Crippen LogP contribution in [0, 0.1) is 0 Å². The summed E-state index contributed by atoms with van der Waals surface area (Å²) in [7, 11) is 2.16. The molecule has 4 aromatic rings. The minimum Gasteiger partial charge on any atom is -0.438 e. The van der Waals surface area contributed by atoms with Crippen LogP contribution in [0.3, 0.4) is 0 Å². The number of likely N-dealkylation sites (N-methyl/N-ethyl adjacent to an activating group) is 1. The average molecular weight is 490 g/mol. The molecule has 1 amide bonds. The highest BCUT2D eigenvalue weighted by molar-refractivity contribution is 7.81. The first-order valence-corrected chi connectivity index (χ1v) is 12.0. The van der Waals surface area contributed by atoms with Crippen LogP contribution in [-0.2, 0) is 4.79 Å². The summed E-state index contributed by atoms with van der Waals surface area (Å²) in [6.45, 7) is 4.19. The predicted octanol–water partition coefficient (Wildman–Crippen LogP) is 4.11. The standard InChI is InChI=1S/C25H27N7O2S/c1-31-12-14-32(15-13-31)19-6-2-18(3-7-19)28-25-29-23-21(10-11-26-23)24(30-25)34-20-8-4-17(5-9-20)27-22(33)16-35/h2-11,35H,12-16H2,1H3,(H,27,33)(H2,26,28,29,30). The molecule has 5 rings (SSSR count). The molecule has 1 aliphatic heterocycles. The highest BCUT2D eigenvalue weighted by Gasteiger charge is 2.15. The van der Waals surface area contributed by atoms with Crippen LogP contribution < -0.4 is 20.3 Å². The molecule has 2 aromatic carbocycles. The Bertz CT molecular complexity index is 1300. The van der Waals surface area contributed by atoms with Gasteiger partial charge in [0.05, 0.1) is 11.1 Å². The maximum atomic E-state index is 11.5. The zero-order valence-electron chi connectivity index (χ0n) is 19.4. The zero-order valence-corrected chi connectivity index (χ0v) is 20.3. The van der Waals surface area contributed by atoms with Crippen molar-refractivity contribution in [1.29, 1.82) is 0 Å². The molecule has 0 unspecified atom stereocenters. The summed E-state index contributed by atoms with van der Waals surface area (Å²) in [5, 5.41) is 6.81. The van der Waals surface area contributed by atoms with Gasteiger partial charge in [-0.05, 0) is 61.6 Å². The van der Waals surface area contributed by atoms with E-state index < -0.39 is 0 Å². The van der Waals surface area contributed by atoms with E-state index in [4.69, 9.17) is 4.74 Å². The van der Waals surface area contributed by atoms with Crippen LogP contribution in [0.25, 0.3) is 11.0 Å². The Hall–Kier alpha value is -3.76. The van der Waals surface area contributed by atoms with Gasteiger partial charge >= 0.3 is 0 Å². The second-order valence-corrected chi connectivity index (χ2v) is 8.70. The molecule has 1 saturated heterocycles. The van der Waals surface area contributed by atoms with E-state index in [-0.39, 0.29) is 11.7 Å². The smallest absolute Gasteiger partial charge is 0.234 e. The third-order valence-corrected chi connectivity index (χ3v) is 6.16. The fourth-order valence-electron chi connectivity index (χ4n) is 3.91. The first-order chi connectivity index (χ1) is 17.1. The maximum absolute atomic E-state index is 11.5. The molecule has 0 bridgehead atoms. The molecule has 0 saturated carbocycles. The van der Waals surface area contributed by atoms with Crippen molar-refractivity contribution in [3.05, 3.63) is 60.8 Å². The van der Waals surface area contributed by atoms with Gasteiger partial charge in [-0.2, -0.15) is 22.6 Å². The van der Waals surface area contributed by atoms with Crippen LogP contribution in [-0.4, -0.2) is 64.7 Å². The summed E-state index contributed by atoms with van der Waals surface area (Å²) >= 11 is 3.97. The molecular weight excluding hydrogens is 462 g/mol. The van der Waals surface area contributed by atoms with Crippen LogP contribution in [0.2, 0.25) is 0 Å². The SMILES string of the molecule is CN1CCN(c2ccc(Nc3nc(Oc4ccc(NC(=O)CS)cc4)c4cc[nH]c4n3)cc2)CC1. The lowest BCUT2D eigenvalue weighted by Crippen LogP contribution is -2.44. The molecule has 35 heavy (non-hydrogen) atoms. The van der Waals surface area contributed by atoms with E-state index in [1.54, 1.807) is 30.5 Å². The lowest BCUT2D eigenvalue weighted by Gasteiger charge is -2.34. The van der Waals surface area contributed by atoms with Gasteiger partial charge in [-0.25, -0.2) is 0 Å². The number of aromatic amines is 1. The van der Waals surface area contributed by atoms with Crippen molar-refractivity contribution in [1.82, 2.24) is 19.9 Å². The normalized spacial score (nSPS) is 14.2. The number of thiol groups is 1. The molecule has 2 aromatic heterocycles. The third-order valence-electron chi connectivity index (χ3n) is 5.87. The van der Waals surface area contributed by atoms with Crippen molar-refractivity contribution in [2.75, 3.05) is 54.5 Å². The number of fused-ring (bicyclic) bond motifs is 1. The number of carbonyl (C=O) groups is 1. The van der Waals surface area contributed by atoms with E-state index in [9.17, 15) is 4.79 Å². The number of aromatic nitrogens is 3. The van der Waals surface area contributed by atoms with Gasteiger partial charge in [0.1, 0.15) is 11.4 Å². The van der Waals surface area contributed by atoms with Gasteiger partial charge in [0.15, 0.2) is 0 Å². The van der Waals surface area contributed by atoms with Gasteiger partial charge in [0, 0.05) is 49.4 Å². The molecule has 9 nitrogen and oxygen atoms in total. The van der Waals surface area contributed by atoms with Gasteiger partial charge in [0.2, 0.25) is 17.7 Å². The zero-order chi connectivity index (χ0) is 24.2. The summed E-state index contributed by atoms with van der Waals surface area (Å²) < 4.78 is 6.07. The van der Waals surface area contributed by atoms with E-state index >= 15 is 0 Å². The van der Waals surface area contributed by atoms with Crippen molar-refractivity contribution in [2.24, 2.45) is 0 Å². The molecule has 0 aliphatic carbocycles. The second-order valence-electron chi connectivity index (χ2n) is 8.39. The monoisotopic (exact) mass is 489 g/mol. The Kier molecular flexibility index (Phi) is 6.73. The predicted molar refractivity (Wildman–Crippen MR) is 142 cm³/mol. The maximum Gasteiger partial charge on any atom is 0.234 e. The van der Waals surface area contributed by atoms with Gasteiger partial charge < -0.3 is 30.2 Å². The molecule has 0 radical (unpaired) electrons. The van der Waals surface area contributed by atoms with Crippen LogP contribution >= 0.6 is 12.6 Å². The Morgan fingerprint density at radius 1 is 1.00 bits per heavy atom. The molecule has 0 atom stereocenters. The molecule has 1 fully saturated rings. The largest absolute Gasteiger partial charge is 0.438 e. The molecular formula is C25H27N7O2S.